The van der Waals surface area contributed by atoms with E-state index in [1.807, 2.05) is 18.3 Å². The second-order valence-electron chi connectivity index (χ2n) is 4.38. The number of phenols is 1. The molecule has 1 aliphatic carbocycles. The van der Waals surface area contributed by atoms with Crippen LogP contribution >= 0.6 is 12.4 Å². The highest BCUT2D eigenvalue weighted by molar-refractivity contribution is 5.85. The van der Waals surface area contributed by atoms with Crippen molar-refractivity contribution < 1.29 is 5.11 Å². The monoisotopic (exact) mass is 250 g/mol. The van der Waals surface area contributed by atoms with Crippen LogP contribution in [-0.2, 0) is 12.8 Å². The van der Waals surface area contributed by atoms with Gasteiger partial charge in [-0.25, -0.2) is 4.98 Å². The summed E-state index contributed by atoms with van der Waals surface area (Å²) >= 11 is 0. The maximum atomic E-state index is 9.52. The molecule has 1 heterocycles. The average molecular weight is 251 g/mol. The van der Waals surface area contributed by atoms with E-state index >= 15 is 0 Å². The predicted molar refractivity (Wildman–Crippen MR) is 68.7 cm³/mol. The van der Waals surface area contributed by atoms with Gasteiger partial charge in [-0.1, -0.05) is 6.07 Å². The van der Waals surface area contributed by atoms with Crippen molar-refractivity contribution in [3.05, 3.63) is 47.5 Å². The van der Waals surface area contributed by atoms with Gasteiger partial charge < -0.3 is 10.1 Å². The lowest BCUT2D eigenvalue weighted by atomic mass is 9.96. The van der Waals surface area contributed by atoms with Gasteiger partial charge in [0.2, 0.25) is 0 Å². The van der Waals surface area contributed by atoms with Gasteiger partial charge in [0.15, 0.2) is 0 Å². The van der Waals surface area contributed by atoms with E-state index in [0.29, 0.717) is 11.7 Å². The third-order valence-corrected chi connectivity index (χ3v) is 3.34. The third-order valence-electron chi connectivity index (χ3n) is 3.34. The number of hydrogen-bond acceptors (Lipinski definition) is 2. The Morgan fingerprint density at radius 2 is 2.29 bits per heavy atom. The zero-order valence-corrected chi connectivity index (χ0v) is 10.2. The number of aromatic hydroxyl groups is 1. The molecule has 2 aromatic rings. The molecule has 1 atom stereocenters. The van der Waals surface area contributed by atoms with Gasteiger partial charge in [-0.3, -0.25) is 0 Å². The first-order valence-corrected chi connectivity index (χ1v) is 5.62. The molecule has 1 unspecified atom stereocenters. The summed E-state index contributed by atoms with van der Waals surface area (Å²) in [5.41, 5.74) is 3.77. The number of imidazole rings is 1. The lowest BCUT2D eigenvalue weighted by Gasteiger charge is -2.09. The van der Waals surface area contributed by atoms with Gasteiger partial charge in [0.1, 0.15) is 5.75 Å². The van der Waals surface area contributed by atoms with Gasteiger partial charge in [-0.2, -0.15) is 0 Å². The maximum Gasteiger partial charge on any atom is 0.115 e. The highest BCUT2D eigenvalue weighted by Gasteiger charge is 2.23. The van der Waals surface area contributed by atoms with Gasteiger partial charge >= 0.3 is 0 Å². The van der Waals surface area contributed by atoms with Crippen LogP contribution in [0.25, 0.3) is 0 Å². The van der Waals surface area contributed by atoms with E-state index in [1.54, 1.807) is 12.4 Å². The van der Waals surface area contributed by atoms with Gasteiger partial charge in [-0.05, 0) is 48.4 Å². The fourth-order valence-electron chi connectivity index (χ4n) is 2.54. The fourth-order valence-corrected chi connectivity index (χ4v) is 2.54. The standard InChI is InChI=1S/C13H14N2O.ClH/c16-12-4-3-9-1-2-10(13(9)6-12)5-11-7-14-8-15-11;/h3-4,6-8,10,16H,1-2,5H2,(H,14,15);1H. The van der Waals surface area contributed by atoms with Crippen molar-refractivity contribution in [1.82, 2.24) is 9.97 Å². The van der Waals surface area contributed by atoms with E-state index in [1.165, 1.54) is 11.1 Å². The lowest BCUT2D eigenvalue weighted by Crippen LogP contribution is -1.98. The van der Waals surface area contributed by atoms with E-state index in [2.05, 4.69) is 9.97 Å². The molecular formula is C13H15ClN2O. The Balaban J connectivity index is 0.00000108. The molecule has 0 saturated heterocycles. The molecule has 3 rings (SSSR count). The van der Waals surface area contributed by atoms with E-state index in [4.69, 9.17) is 0 Å². The Bertz CT molecular complexity index is 496. The molecule has 3 nitrogen and oxygen atoms in total. The minimum absolute atomic E-state index is 0. The first-order chi connectivity index (χ1) is 7.83. The van der Waals surface area contributed by atoms with Gasteiger partial charge in [0.25, 0.3) is 0 Å². The third kappa shape index (κ3) is 2.29. The number of hydrogen-bond donors (Lipinski definition) is 2. The zero-order chi connectivity index (χ0) is 11.0. The Morgan fingerprint density at radius 3 is 3.06 bits per heavy atom. The van der Waals surface area contributed by atoms with Crippen LogP contribution in [0, 0.1) is 0 Å². The van der Waals surface area contributed by atoms with E-state index in [9.17, 15) is 5.11 Å². The van der Waals surface area contributed by atoms with Crippen molar-refractivity contribution in [3.8, 4) is 5.75 Å². The molecular weight excluding hydrogens is 236 g/mol. The summed E-state index contributed by atoms with van der Waals surface area (Å²) in [5.74, 6) is 0.873. The molecule has 0 spiro atoms. The van der Waals surface area contributed by atoms with Crippen molar-refractivity contribution >= 4 is 12.4 Å². The molecule has 4 heteroatoms. The number of halogens is 1. The minimum atomic E-state index is 0. The number of fused-ring (bicyclic) bond motifs is 1. The highest BCUT2D eigenvalue weighted by Crippen LogP contribution is 2.36. The molecule has 0 amide bonds. The number of aromatic nitrogens is 2. The van der Waals surface area contributed by atoms with Crippen LogP contribution in [0.5, 0.6) is 5.75 Å². The number of aromatic amines is 1. The second kappa shape index (κ2) is 4.80. The summed E-state index contributed by atoms with van der Waals surface area (Å²) in [6, 6.07) is 5.71. The number of aryl methyl sites for hydroxylation is 1. The average Bonchev–Trinajstić information content (AvgIpc) is 2.90. The summed E-state index contributed by atoms with van der Waals surface area (Å²) in [7, 11) is 0. The Labute approximate surface area is 106 Å². The van der Waals surface area contributed by atoms with Crippen LogP contribution in [0.2, 0.25) is 0 Å². The zero-order valence-electron chi connectivity index (χ0n) is 9.39. The molecule has 0 aliphatic heterocycles. The van der Waals surface area contributed by atoms with Gasteiger partial charge in [0.05, 0.1) is 12.0 Å². The summed E-state index contributed by atoms with van der Waals surface area (Å²) in [6.45, 7) is 0. The molecule has 90 valence electrons. The lowest BCUT2D eigenvalue weighted by molar-refractivity contribution is 0.474. The molecule has 0 fully saturated rings. The minimum Gasteiger partial charge on any atom is -0.508 e. The van der Waals surface area contributed by atoms with Crippen LogP contribution in [0.15, 0.2) is 30.7 Å². The van der Waals surface area contributed by atoms with Crippen molar-refractivity contribution in [2.45, 2.75) is 25.2 Å². The fraction of sp³-hybridized carbons (Fsp3) is 0.308. The van der Waals surface area contributed by atoms with Crippen LogP contribution in [-0.4, -0.2) is 15.1 Å². The number of nitrogens with zero attached hydrogens (tertiary/aromatic N) is 1. The van der Waals surface area contributed by atoms with Gasteiger partial charge in [0, 0.05) is 6.20 Å². The quantitative estimate of drug-likeness (QED) is 0.861. The van der Waals surface area contributed by atoms with Crippen LogP contribution in [0.1, 0.15) is 29.2 Å². The molecule has 1 aromatic carbocycles. The molecule has 1 aliphatic rings. The number of H-pyrrole nitrogens is 1. The number of benzene rings is 1. The first kappa shape index (κ1) is 12.0. The molecule has 1 aromatic heterocycles. The smallest absolute Gasteiger partial charge is 0.115 e. The maximum absolute atomic E-state index is 9.52. The van der Waals surface area contributed by atoms with Crippen LogP contribution in [0.3, 0.4) is 0 Å². The Kier molecular flexibility index (Phi) is 3.38. The summed E-state index contributed by atoms with van der Waals surface area (Å²) in [6.07, 6.45) is 6.89. The van der Waals surface area contributed by atoms with Crippen molar-refractivity contribution in [3.63, 3.8) is 0 Å². The summed E-state index contributed by atoms with van der Waals surface area (Å²) in [4.78, 5) is 7.24. The van der Waals surface area contributed by atoms with E-state index in [0.717, 1.165) is 25.0 Å². The van der Waals surface area contributed by atoms with Crippen molar-refractivity contribution in [2.24, 2.45) is 0 Å². The van der Waals surface area contributed by atoms with Crippen molar-refractivity contribution in [2.75, 3.05) is 0 Å². The van der Waals surface area contributed by atoms with Gasteiger partial charge in [-0.15, -0.1) is 12.4 Å². The Morgan fingerprint density at radius 1 is 1.41 bits per heavy atom. The summed E-state index contributed by atoms with van der Waals surface area (Å²) < 4.78 is 0. The number of nitrogens with one attached hydrogen (secondary N) is 1. The van der Waals surface area contributed by atoms with Crippen molar-refractivity contribution in [1.29, 1.82) is 0 Å². The summed E-state index contributed by atoms with van der Waals surface area (Å²) in [5, 5.41) is 9.52. The number of rotatable bonds is 2. The molecule has 0 radical (unpaired) electrons. The number of phenolic OH excluding ortho intramolecular Hbond substituents is 1. The van der Waals surface area contributed by atoms with Crippen LogP contribution < -0.4 is 0 Å². The predicted octanol–water partition coefficient (Wildman–Crippen LogP) is 2.81. The SMILES string of the molecule is Cl.Oc1ccc2c(c1)C(Cc1c[nH]cn1)CC2. The van der Waals surface area contributed by atoms with E-state index < -0.39 is 0 Å². The normalized spacial score (nSPS) is 17.5. The topological polar surface area (TPSA) is 48.9 Å². The van der Waals surface area contributed by atoms with E-state index in [-0.39, 0.29) is 12.4 Å². The second-order valence-corrected chi connectivity index (χ2v) is 4.38. The molecule has 2 N–H and O–H groups in total. The highest BCUT2D eigenvalue weighted by atomic mass is 35.5. The molecule has 17 heavy (non-hydrogen) atoms. The first-order valence-electron chi connectivity index (χ1n) is 5.62. The Hall–Kier alpha value is -1.48. The molecule has 0 bridgehead atoms. The largest absolute Gasteiger partial charge is 0.508 e. The molecule has 0 saturated carbocycles. The van der Waals surface area contributed by atoms with Crippen LogP contribution in [0.4, 0.5) is 0 Å².